The second-order valence-electron chi connectivity index (χ2n) is 5.91. The predicted molar refractivity (Wildman–Crippen MR) is 78.5 cm³/mol. The molecule has 100 valence electrons. The molecule has 0 aliphatic heterocycles. The van der Waals surface area contributed by atoms with Crippen LogP contribution in [0.2, 0.25) is 0 Å². The zero-order chi connectivity index (χ0) is 13.1. The van der Waals surface area contributed by atoms with E-state index in [0.29, 0.717) is 5.92 Å². The standard InChI is InChI=1S/C18H22O/c19-18(15-7-3-1-2-4-8-15)17-12-6-11-16(13-17)14-9-5-10-14/h6-7,11-14H,1-5,8-10H2. The van der Waals surface area contributed by atoms with E-state index in [-0.39, 0.29) is 5.78 Å². The number of carbonyl (C=O) groups is 1. The van der Waals surface area contributed by atoms with Crippen LogP contribution in [-0.2, 0) is 0 Å². The molecule has 0 heterocycles. The van der Waals surface area contributed by atoms with E-state index in [2.05, 4.69) is 24.3 Å². The van der Waals surface area contributed by atoms with Crippen molar-refractivity contribution in [3.05, 3.63) is 47.0 Å². The highest BCUT2D eigenvalue weighted by atomic mass is 16.1. The molecular formula is C18H22O. The molecule has 0 spiro atoms. The summed E-state index contributed by atoms with van der Waals surface area (Å²) in [6.45, 7) is 0. The Kier molecular flexibility index (Phi) is 3.82. The first-order valence-corrected chi connectivity index (χ1v) is 7.68. The topological polar surface area (TPSA) is 17.1 Å². The van der Waals surface area contributed by atoms with Crippen molar-refractivity contribution in [2.75, 3.05) is 0 Å². The Labute approximate surface area is 115 Å². The van der Waals surface area contributed by atoms with Crippen LogP contribution in [0.1, 0.15) is 73.2 Å². The summed E-state index contributed by atoms with van der Waals surface area (Å²) in [7, 11) is 0. The number of rotatable bonds is 3. The van der Waals surface area contributed by atoms with Gasteiger partial charge in [-0.25, -0.2) is 0 Å². The fourth-order valence-corrected chi connectivity index (χ4v) is 3.08. The molecule has 1 aromatic carbocycles. The van der Waals surface area contributed by atoms with Crippen LogP contribution < -0.4 is 0 Å². The summed E-state index contributed by atoms with van der Waals surface area (Å²) in [4.78, 5) is 12.6. The zero-order valence-corrected chi connectivity index (χ0v) is 11.5. The van der Waals surface area contributed by atoms with Gasteiger partial charge in [0.05, 0.1) is 0 Å². The number of hydrogen-bond donors (Lipinski definition) is 0. The van der Waals surface area contributed by atoms with Crippen LogP contribution in [0.15, 0.2) is 35.9 Å². The molecule has 1 fully saturated rings. The van der Waals surface area contributed by atoms with E-state index < -0.39 is 0 Å². The number of Topliss-reactive ketones (excluding diaryl/α,β-unsaturated/α-hetero) is 1. The molecule has 0 radical (unpaired) electrons. The van der Waals surface area contributed by atoms with Crippen molar-refractivity contribution >= 4 is 5.78 Å². The fraction of sp³-hybridized carbons (Fsp3) is 0.500. The number of benzene rings is 1. The van der Waals surface area contributed by atoms with E-state index in [0.717, 1.165) is 24.0 Å². The largest absolute Gasteiger partial charge is 0.289 e. The van der Waals surface area contributed by atoms with Gasteiger partial charge in [-0.1, -0.05) is 37.1 Å². The number of carbonyl (C=O) groups excluding carboxylic acids is 1. The number of allylic oxidation sites excluding steroid dienone is 2. The molecule has 1 aromatic rings. The van der Waals surface area contributed by atoms with Crippen LogP contribution in [0.4, 0.5) is 0 Å². The summed E-state index contributed by atoms with van der Waals surface area (Å²) in [5, 5.41) is 0. The van der Waals surface area contributed by atoms with Gasteiger partial charge in [-0.05, 0) is 61.6 Å². The van der Waals surface area contributed by atoms with Crippen LogP contribution in [0, 0.1) is 0 Å². The van der Waals surface area contributed by atoms with Crippen molar-refractivity contribution in [1.82, 2.24) is 0 Å². The smallest absolute Gasteiger partial charge is 0.188 e. The Morgan fingerprint density at radius 1 is 1.05 bits per heavy atom. The van der Waals surface area contributed by atoms with E-state index in [1.54, 1.807) is 0 Å². The fourth-order valence-electron chi connectivity index (χ4n) is 3.08. The first kappa shape index (κ1) is 12.7. The minimum atomic E-state index is 0.267. The lowest BCUT2D eigenvalue weighted by atomic mass is 9.79. The summed E-state index contributed by atoms with van der Waals surface area (Å²) >= 11 is 0. The van der Waals surface area contributed by atoms with Gasteiger partial charge in [0.25, 0.3) is 0 Å². The Morgan fingerprint density at radius 2 is 1.95 bits per heavy atom. The SMILES string of the molecule is O=C(C1=CCCCCC1)c1cccc(C2CCC2)c1. The second kappa shape index (κ2) is 5.73. The molecule has 0 aromatic heterocycles. The van der Waals surface area contributed by atoms with Gasteiger partial charge >= 0.3 is 0 Å². The molecule has 0 atom stereocenters. The average Bonchev–Trinajstić information content (AvgIpc) is 2.65. The third-order valence-electron chi connectivity index (χ3n) is 4.56. The monoisotopic (exact) mass is 254 g/mol. The Hall–Kier alpha value is -1.37. The molecule has 0 N–H and O–H groups in total. The van der Waals surface area contributed by atoms with Crippen molar-refractivity contribution in [2.45, 2.75) is 57.3 Å². The molecule has 1 nitrogen and oxygen atoms in total. The lowest BCUT2D eigenvalue weighted by Crippen LogP contribution is -2.10. The average molecular weight is 254 g/mol. The molecule has 2 aliphatic rings. The van der Waals surface area contributed by atoms with Crippen LogP contribution in [0.25, 0.3) is 0 Å². The summed E-state index contributed by atoms with van der Waals surface area (Å²) in [6, 6.07) is 8.36. The first-order valence-electron chi connectivity index (χ1n) is 7.68. The van der Waals surface area contributed by atoms with Crippen LogP contribution in [-0.4, -0.2) is 5.78 Å². The van der Waals surface area contributed by atoms with Gasteiger partial charge in [-0.15, -0.1) is 0 Å². The van der Waals surface area contributed by atoms with Crippen molar-refractivity contribution in [3.8, 4) is 0 Å². The quantitative estimate of drug-likeness (QED) is 0.692. The molecule has 1 saturated carbocycles. The maximum atomic E-state index is 12.6. The molecular weight excluding hydrogens is 232 g/mol. The van der Waals surface area contributed by atoms with Crippen molar-refractivity contribution < 1.29 is 4.79 Å². The van der Waals surface area contributed by atoms with Crippen LogP contribution in [0.5, 0.6) is 0 Å². The van der Waals surface area contributed by atoms with E-state index >= 15 is 0 Å². The molecule has 3 rings (SSSR count). The minimum absolute atomic E-state index is 0.267. The Bertz CT molecular complexity index is 494. The van der Waals surface area contributed by atoms with Crippen molar-refractivity contribution in [1.29, 1.82) is 0 Å². The molecule has 0 amide bonds. The molecule has 1 heteroatoms. The zero-order valence-electron chi connectivity index (χ0n) is 11.5. The molecule has 19 heavy (non-hydrogen) atoms. The highest BCUT2D eigenvalue weighted by Gasteiger charge is 2.21. The summed E-state index contributed by atoms with van der Waals surface area (Å²) in [5.74, 6) is 0.971. The summed E-state index contributed by atoms with van der Waals surface area (Å²) in [6.07, 6.45) is 11.8. The normalized spacial score (nSPS) is 20.3. The van der Waals surface area contributed by atoms with Gasteiger partial charge in [-0.3, -0.25) is 4.79 Å². The maximum Gasteiger partial charge on any atom is 0.188 e. The second-order valence-corrected chi connectivity index (χ2v) is 5.91. The van der Waals surface area contributed by atoms with Gasteiger partial charge in [0.1, 0.15) is 0 Å². The van der Waals surface area contributed by atoms with E-state index in [9.17, 15) is 4.79 Å². The maximum absolute atomic E-state index is 12.6. The molecule has 0 unspecified atom stereocenters. The van der Waals surface area contributed by atoms with E-state index in [4.69, 9.17) is 0 Å². The number of ketones is 1. The Morgan fingerprint density at radius 3 is 2.74 bits per heavy atom. The molecule has 0 saturated heterocycles. The predicted octanol–water partition coefficient (Wildman–Crippen LogP) is 5.03. The van der Waals surface area contributed by atoms with Crippen LogP contribution >= 0.6 is 0 Å². The summed E-state index contributed by atoms with van der Waals surface area (Å²) < 4.78 is 0. The minimum Gasteiger partial charge on any atom is -0.289 e. The first-order chi connectivity index (χ1) is 9.34. The highest BCUT2D eigenvalue weighted by molar-refractivity contribution is 6.08. The van der Waals surface area contributed by atoms with Gasteiger partial charge in [-0.2, -0.15) is 0 Å². The van der Waals surface area contributed by atoms with E-state index in [1.165, 1.54) is 44.1 Å². The van der Waals surface area contributed by atoms with E-state index in [1.807, 2.05) is 6.07 Å². The molecule has 0 bridgehead atoms. The molecule has 2 aliphatic carbocycles. The summed E-state index contributed by atoms with van der Waals surface area (Å²) in [5.41, 5.74) is 3.31. The van der Waals surface area contributed by atoms with Crippen molar-refractivity contribution in [3.63, 3.8) is 0 Å². The third-order valence-corrected chi connectivity index (χ3v) is 4.56. The number of hydrogen-bond acceptors (Lipinski definition) is 1. The lowest BCUT2D eigenvalue weighted by Gasteiger charge is -2.26. The van der Waals surface area contributed by atoms with Crippen molar-refractivity contribution in [2.24, 2.45) is 0 Å². The van der Waals surface area contributed by atoms with Gasteiger partial charge in [0.2, 0.25) is 0 Å². The third kappa shape index (κ3) is 2.80. The highest BCUT2D eigenvalue weighted by Crippen LogP contribution is 2.36. The lowest BCUT2D eigenvalue weighted by molar-refractivity contribution is 0.103. The van der Waals surface area contributed by atoms with Gasteiger partial charge in [0.15, 0.2) is 5.78 Å². The Balaban J connectivity index is 1.80. The van der Waals surface area contributed by atoms with Gasteiger partial charge < -0.3 is 0 Å². The van der Waals surface area contributed by atoms with Crippen LogP contribution in [0.3, 0.4) is 0 Å². The van der Waals surface area contributed by atoms with Gasteiger partial charge in [0, 0.05) is 5.56 Å².